The van der Waals surface area contributed by atoms with Crippen molar-refractivity contribution < 1.29 is 9.53 Å². The minimum Gasteiger partial charge on any atom is -0.464 e. The zero-order valence-corrected chi connectivity index (χ0v) is 11.7. The highest BCUT2D eigenvalue weighted by Gasteiger charge is 2.15. The van der Waals surface area contributed by atoms with Gasteiger partial charge in [-0.2, -0.15) is 0 Å². The molecule has 96 valence electrons. The molecule has 0 aliphatic rings. The number of esters is 1. The number of carbonyl (C=O) groups is 1. The number of rotatable bonds is 5. The summed E-state index contributed by atoms with van der Waals surface area (Å²) in [6, 6.07) is 0.127. The van der Waals surface area contributed by atoms with Crippen LogP contribution in [0, 0.1) is 0 Å². The zero-order chi connectivity index (χ0) is 13.0. The van der Waals surface area contributed by atoms with Gasteiger partial charge in [-0.1, -0.05) is 6.92 Å². The van der Waals surface area contributed by atoms with E-state index in [2.05, 4.69) is 26.9 Å². The predicted octanol–water partition coefficient (Wildman–Crippen LogP) is 2.95. The summed E-state index contributed by atoms with van der Waals surface area (Å²) in [7, 11) is 1.35. The number of aromatic nitrogens is 2. The van der Waals surface area contributed by atoms with Crippen LogP contribution in [-0.4, -0.2) is 23.0 Å². The van der Waals surface area contributed by atoms with E-state index in [1.54, 1.807) is 22.9 Å². The smallest absolute Gasteiger partial charge is 0.357 e. The van der Waals surface area contributed by atoms with E-state index in [1.807, 2.05) is 5.38 Å². The second-order valence-corrected chi connectivity index (χ2v) is 5.29. The Bertz CT molecular complexity index is 510. The highest BCUT2D eigenvalue weighted by Crippen LogP contribution is 2.26. The first kappa shape index (κ1) is 13.0. The molecule has 18 heavy (non-hydrogen) atoms. The van der Waals surface area contributed by atoms with Crippen molar-refractivity contribution >= 4 is 33.8 Å². The summed E-state index contributed by atoms with van der Waals surface area (Å²) in [4.78, 5) is 19.8. The maximum Gasteiger partial charge on any atom is 0.357 e. The third-order valence-corrected chi connectivity index (χ3v) is 4.02. The van der Waals surface area contributed by atoms with E-state index in [-0.39, 0.29) is 6.04 Å². The third-order valence-electron chi connectivity index (χ3n) is 2.35. The fourth-order valence-electron chi connectivity index (χ4n) is 1.43. The van der Waals surface area contributed by atoms with E-state index in [9.17, 15) is 4.79 Å². The standard InChI is InChI=1S/C11H13N3O2S2/c1-3-7(9-12-4-5-17-9)13-11-14-8(6-18-11)10(15)16-2/h4-7H,3H2,1-2H3,(H,13,14). The Morgan fingerprint density at radius 1 is 1.56 bits per heavy atom. The molecule has 0 saturated heterocycles. The number of nitrogens with one attached hydrogen (secondary N) is 1. The van der Waals surface area contributed by atoms with Gasteiger partial charge in [-0.05, 0) is 6.42 Å². The summed E-state index contributed by atoms with van der Waals surface area (Å²) in [5, 5.41) is 8.63. The van der Waals surface area contributed by atoms with Crippen LogP contribution in [0.1, 0.15) is 34.9 Å². The Labute approximate surface area is 113 Å². The monoisotopic (exact) mass is 283 g/mol. The van der Waals surface area contributed by atoms with Gasteiger partial charge in [0.15, 0.2) is 10.8 Å². The van der Waals surface area contributed by atoms with Crippen LogP contribution in [0.5, 0.6) is 0 Å². The molecule has 2 rings (SSSR count). The largest absolute Gasteiger partial charge is 0.464 e. The molecule has 0 amide bonds. The van der Waals surface area contributed by atoms with Crippen molar-refractivity contribution in [2.75, 3.05) is 12.4 Å². The Morgan fingerprint density at radius 2 is 2.39 bits per heavy atom. The molecule has 1 unspecified atom stereocenters. The van der Waals surface area contributed by atoms with Crippen molar-refractivity contribution in [2.45, 2.75) is 19.4 Å². The number of thiazole rings is 2. The van der Waals surface area contributed by atoms with Crippen molar-refractivity contribution in [3.05, 3.63) is 27.7 Å². The molecule has 0 fully saturated rings. The lowest BCUT2D eigenvalue weighted by Gasteiger charge is -2.12. The van der Waals surface area contributed by atoms with Crippen LogP contribution in [0.4, 0.5) is 5.13 Å². The van der Waals surface area contributed by atoms with Gasteiger partial charge in [-0.15, -0.1) is 22.7 Å². The summed E-state index contributed by atoms with van der Waals surface area (Å²) in [6.07, 6.45) is 2.69. The van der Waals surface area contributed by atoms with Gasteiger partial charge < -0.3 is 10.1 Å². The molecule has 2 heterocycles. The SMILES string of the molecule is CCC(Nc1nc(C(=O)OC)cs1)c1nccs1. The fourth-order valence-corrected chi connectivity index (χ4v) is 2.94. The van der Waals surface area contributed by atoms with Crippen molar-refractivity contribution in [1.82, 2.24) is 9.97 Å². The molecule has 0 saturated carbocycles. The Kier molecular flexibility index (Phi) is 4.27. The molecule has 0 spiro atoms. The molecule has 0 bridgehead atoms. The Morgan fingerprint density at radius 3 is 3.00 bits per heavy atom. The van der Waals surface area contributed by atoms with Gasteiger partial charge in [-0.3, -0.25) is 0 Å². The molecule has 0 radical (unpaired) electrons. The number of methoxy groups -OCH3 is 1. The molecule has 0 aliphatic carbocycles. The first-order chi connectivity index (χ1) is 8.74. The number of hydrogen-bond acceptors (Lipinski definition) is 7. The molecule has 2 aromatic heterocycles. The van der Waals surface area contributed by atoms with E-state index >= 15 is 0 Å². The molecule has 0 aliphatic heterocycles. The van der Waals surface area contributed by atoms with Crippen LogP contribution in [0.25, 0.3) is 0 Å². The zero-order valence-electron chi connectivity index (χ0n) is 10.0. The molecular weight excluding hydrogens is 270 g/mol. The Balaban J connectivity index is 2.08. The van der Waals surface area contributed by atoms with Crippen LogP contribution >= 0.6 is 22.7 Å². The van der Waals surface area contributed by atoms with E-state index in [0.717, 1.165) is 11.4 Å². The Hall–Kier alpha value is -1.47. The minimum absolute atomic E-state index is 0.127. The van der Waals surface area contributed by atoms with Gasteiger partial charge in [-0.25, -0.2) is 14.8 Å². The molecule has 1 N–H and O–H groups in total. The molecule has 5 nitrogen and oxygen atoms in total. The highest BCUT2D eigenvalue weighted by atomic mass is 32.1. The minimum atomic E-state index is -0.415. The van der Waals surface area contributed by atoms with E-state index < -0.39 is 5.97 Å². The number of carbonyl (C=O) groups excluding carboxylic acids is 1. The maximum atomic E-state index is 11.3. The molecule has 7 heteroatoms. The summed E-state index contributed by atoms with van der Waals surface area (Å²) < 4.78 is 4.62. The summed E-state index contributed by atoms with van der Waals surface area (Å²) in [6.45, 7) is 2.08. The second kappa shape index (κ2) is 5.92. The van der Waals surface area contributed by atoms with Crippen LogP contribution < -0.4 is 5.32 Å². The van der Waals surface area contributed by atoms with Gasteiger partial charge in [0.25, 0.3) is 0 Å². The first-order valence-corrected chi connectivity index (χ1v) is 7.20. The lowest BCUT2D eigenvalue weighted by atomic mass is 10.2. The lowest BCUT2D eigenvalue weighted by molar-refractivity contribution is 0.0595. The van der Waals surface area contributed by atoms with E-state index in [1.165, 1.54) is 18.4 Å². The van der Waals surface area contributed by atoms with E-state index in [0.29, 0.717) is 10.8 Å². The van der Waals surface area contributed by atoms with Crippen molar-refractivity contribution in [3.8, 4) is 0 Å². The molecule has 1 atom stereocenters. The van der Waals surface area contributed by atoms with Crippen molar-refractivity contribution in [2.24, 2.45) is 0 Å². The maximum absolute atomic E-state index is 11.3. The topological polar surface area (TPSA) is 64.1 Å². The lowest BCUT2D eigenvalue weighted by Crippen LogP contribution is -2.09. The van der Waals surface area contributed by atoms with Crippen LogP contribution in [0.15, 0.2) is 17.0 Å². The van der Waals surface area contributed by atoms with Crippen LogP contribution in [0.2, 0.25) is 0 Å². The first-order valence-electron chi connectivity index (χ1n) is 5.44. The average Bonchev–Trinajstić information content (AvgIpc) is 3.05. The van der Waals surface area contributed by atoms with Gasteiger partial charge in [0, 0.05) is 17.0 Å². The highest BCUT2D eigenvalue weighted by molar-refractivity contribution is 7.14. The van der Waals surface area contributed by atoms with Crippen molar-refractivity contribution in [1.29, 1.82) is 0 Å². The van der Waals surface area contributed by atoms with Gasteiger partial charge in [0.1, 0.15) is 5.01 Å². The number of hydrogen-bond donors (Lipinski definition) is 1. The summed E-state index contributed by atoms with van der Waals surface area (Å²) >= 11 is 2.99. The summed E-state index contributed by atoms with van der Waals surface area (Å²) in [5.41, 5.74) is 0.332. The molecule has 0 aromatic carbocycles. The van der Waals surface area contributed by atoms with Crippen LogP contribution in [-0.2, 0) is 4.74 Å². The quantitative estimate of drug-likeness (QED) is 0.855. The van der Waals surface area contributed by atoms with Gasteiger partial charge >= 0.3 is 5.97 Å². The normalized spacial score (nSPS) is 12.1. The second-order valence-electron chi connectivity index (χ2n) is 3.50. The third kappa shape index (κ3) is 2.85. The van der Waals surface area contributed by atoms with Crippen LogP contribution in [0.3, 0.4) is 0 Å². The number of nitrogens with zero attached hydrogens (tertiary/aromatic N) is 2. The average molecular weight is 283 g/mol. The molecule has 2 aromatic rings. The number of ether oxygens (including phenoxy) is 1. The predicted molar refractivity (Wildman–Crippen MR) is 72.2 cm³/mol. The van der Waals surface area contributed by atoms with Crippen molar-refractivity contribution in [3.63, 3.8) is 0 Å². The van der Waals surface area contributed by atoms with Gasteiger partial charge in [0.05, 0.1) is 13.2 Å². The summed E-state index contributed by atoms with van der Waals surface area (Å²) in [5.74, 6) is -0.415. The van der Waals surface area contributed by atoms with Gasteiger partial charge in [0.2, 0.25) is 0 Å². The molecular formula is C11H13N3O2S2. The van der Waals surface area contributed by atoms with E-state index in [4.69, 9.17) is 0 Å². The fraction of sp³-hybridized carbons (Fsp3) is 0.364. The number of anilines is 1.